The maximum atomic E-state index is 13.7. The van der Waals surface area contributed by atoms with Gasteiger partial charge in [-0.2, -0.15) is 0 Å². The minimum Gasteiger partial charge on any atom is -0.375 e. The summed E-state index contributed by atoms with van der Waals surface area (Å²) in [6.07, 6.45) is 5.21. The van der Waals surface area contributed by atoms with Gasteiger partial charge in [-0.25, -0.2) is 9.37 Å². The zero-order chi connectivity index (χ0) is 19.3. The van der Waals surface area contributed by atoms with E-state index >= 15 is 0 Å². The Morgan fingerprint density at radius 1 is 1.25 bits per heavy atom. The molecule has 3 nitrogen and oxygen atoms in total. The molecule has 2 aromatic heterocycles. The first-order valence-electron chi connectivity index (χ1n) is 9.68. The Morgan fingerprint density at radius 3 is 2.93 bits per heavy atom. The Bertz CT molecular complexity index is 1170. The number of nitrogens with zero attached hydrogens (tertiary/aromatic N) is 2. The number of nitrogens with two attached hydrogens (primary N) is 1. The number of rotatable bonds is 3. The summed E-state index contributed by atoms with van der Waals surface area (Å²) in [5, 5.41) is 1.90. The molecule has 28 heavy (non-hydrogen) atoms. The molecule has 4 aromatic rings. The highest BCUT2D eigenvalue weighted by Gasteiger charge is 2.24. The van der Waals surface area contributed by atoms with Crippen LogP contribution in [0.4, 0.5) is 9.52 Å². The van der Waals surface area contributed by atoms with E-state index in [1.165, 1.54) is 46.0 Å². The second-order valence-corrected chi connectivity index (χ2v) is 8.85. The minimum absolute atomic E-state index is 0.179. The van der Waals surface area contributed by atoms with Gasteiger partial charge in [0.15, 0.2) is 5.13 Å². The van der Waals surface area contributed by atoms with Crippen molar-refractivity contribution >= 4 is 27.4 Å². The van der Waals surface area contributed by atoms with Crippen LogP contribution in [-0.2, 0) is 19.4 Å². The van der Waals surface area contributed by atoms with E-state index in [1.54, 1.807) is 12.1 Å². The van der Waals surface area contributed by atoms with E-state index in [9.17, 15) is 4.39 Å². The molecule has 0 fully saturated rings. The van der Waals surface area contributed by atoms with Crippen molar-refractivity contribution in [2.45, 2.75) is 32.7 Å². The van der Waals surface area contributed by atoms with Crippen LogP contribution in [0.1, 0.15) is 30.2 Å². The summed E-state index contributed by atoms with van der Waals surface area (Å²) in [6.45, 7) is 3.03. The van der Waals surface area contributed by atoms with Crippen LogP contribution in [0.15, 0.2) is 48.7 Å². The third kappa shape index (κ3) is 3.00. The number of nitrogen functional groups attached to an aromatic ring is 1. The number of hydrogen-bond acceptors (Lipinski definition) is 3. The quantitative estimate of drug-likeness (QED) is 0.490. The molecule has 5 rings (SSSR count). The van der Waals surface area contributed by atoms with E-state index in [0.29, 0.717) is 17.6 Å². The van der Waals surface area contributed by atoms with E-state index in [2.05, 4.69) is 34.7 Å². The van der Waals surface area contributed by atoms with Crippen LogP contribution in [-0.4, -0.2) is 9.55 Å². The smallest absolute Gasteiger partial charge is 0.180 e. The molecule has 0 bridgehead atoms. The Kier molecular flexibility index (Phi) is 4.20. The Balaban J connectivity index is 1.67. The van der Waals surface area contributed by atoms with Gasteiger partial charge in [0.2, 0.25) is 0 Å². The molecule has 0 aliphatic heterocycles. The molecular formula is C23H22FN3S. The molecular weight excluding hydrogens is 369 g/mol. The maximum Gasteiger partial charge on any atom is 0.180 e. The number of anilines is 1. The van der Waals surface area contributed by atoms with Gasteiger partial charge in [-0.1, -0.05) is 36.5 Å². The van der Waals surface area contributed by atoms with Crippen LogP contribution in [0.2, 0.25) is 0 Å². The molecule has 0 spiro atoms. The summed E-state index contributed by atoms with van der Waals surface area (Å²) in [7, 11) is 0. The van der Waals surface area contributed by atoms with E-state index in [1.807, 2.05) is 12.3 Å². The van der Waals surface area contributed by atoms with Gasteiger partial charge in [-0.05, 0) is 66.1 Å². The molecule has 5 heteroatoms. The first-order valence-corrected chi connectivity index (χ1v) is 10.5. The third-order valence-corrected chi connectivity index (χ3v) is 6.63. The zero-order valence-electron chi connectivity index (χ0n) is 15.8. The number of fused-ring (bicyclic) bond motifs is 3. The lowest BCUT2D eigenvalue weighted by Gasteiger charge is -2.21. The average molecular weight is 392 g/mol. The number of thiazole rings is 1. The molecule has 2 N–H and O–H groups in total. The lowest BCUT2D eigenvalue weighted by atomic mass is 9.87. The predicted molar refractivity (Wildman–Crippen MR) is 114 cm³/mol. The molecule has 0 saturated heterocycles. The average Bonchev–Trinajstić information content (AvgIpc) is 3.24. The molecule has 2 aromatic carbocycles. The van der Waals surface area contributed by atoms with Crippen molar-refractivity contribution in [1.29, 1.82) is 0 Å². The fourth-order valence-corrected chi connectivity index (χ4v) is 5.08. The summed E-state index contributed by atoms with van der Waals surface area (Å²) >= 11 is 1.52. The molecule has 0 radical (unpaired) electrons. The first-order chi connectivity index (χ1) is 13.6. The maximum absolute atomic E-state index is 13.7. The van der Waals surface area contributed by atoms with Crippen molar-refractivity contribution < 1.29 is 4.39 Å². The van der Waals surface area contributed by atoms with Gasteiger partial charge in [-0.15, -0.1) is 0 Å². The number of halogens is 1. The molecule has 142 valence electrons. The van der Waals surface area contributed by atoms with Gasteiger partial charge in [0, 0.05) is 29.3 Å². The summed E-state index contributed by atoms with van der Waals surface area (Å²) in [5.74, 6) is 0.505. The molecule has 0 amide bonds. The fraction of sp³-hybridized carbons (Fsp3) is 0.261. The second kappa shape index (κ2) is 6.74. The number of benzene rings is 2. The van der Waals surface area contributed by atoms with E-state index in [4.69, 9.17) is 5.73 Å². The van der Waals surface area contributed by atoms with E-state index in [-0.39, 0.29) is 5.82 Å². The van der Waals surface area contributed by atoms with Crippen LogP contribution in [0.5, 0.6) is 0 Å². The largest absolute Gasteiger partial charge is 0.375 e. The van der Waals surface area contributed by atoms with Crippen LogP contribution in [0, 0.1) is 11.7 Å². The Labute approximate surface area is 167 Å². The molecule has 1 unspecified atom stereocenters. The van der Waals surface area contributed by atoms with Crippen molar-refractivity contribution in [1.82, 2.24) is 9.55 Å². The molecule has 1 aliphatic rings. The SMILES string of the molecule is CC1CCc2c(c3cc(-c4cnc(N)s4)ccc3n2Cc2cccc(F)c2)C1. The van der Waals surface area contributed by atoms with Crippen molar-refractivity contribution in [3.05, 3.63) is 71.3 Å². The lowest BCUT2D eigenvalue weighted by molar-refractivity contribution is 0.488. The Morgan fingerprint density at radius 2 is 2.14 bits per heavy atom. The van der Waals surface area contributed by atoms with Crippen LogP contribution in [0.25, 0.3) is 21.3 Å². The van der Waals surface area contributed by atoms with Gasteiger partial charge in [0.25, 0.3) is 0 Å². The monoisotopic (exact) mass is 391 g/mol. The summed E-state index contributed by atoms with van der Waals surface area (Å²) < 4.78 is 16.1. The van der Waals surface area contributed by atoms with E-state index < -0.39 is 0 Å². The zero-order valence-corrected chi connectivity index (χ0v) is 16.6. The lowest BCUT2D eigenvalue weighted by Crippen LogP contribution is -2.14. The summed E-state index contributed by atoms with van der Waals surface area (Å²) in [4.78, 5) is 5.29. The second-order valence-electron chi connectivity index (χ2n) is 7.78. The number of aromatic nitrogens is 2. The van der Waals surface area contributed by atoms with Crippen molar-refractivity contribution in [2.75, 3.05) is 5.73 Å². The highest BCUT2D eigenvalue weighted by Crippen LogP contribution is 2.38. The summed E-state index contributed by atoms with van der Waals surface area (Å²) in [6, 6.07) is 13.5. The topological polar surface area (TPSA) is 43.8 Å². The highest BCUT2D eigenvalue weighted by molar-refractivity contribution is 7.18. The fourth-order valence-electron chi connectivity index (χ4n) is 4.40. The van der Waals surface area contributed by atoms with Crippen LogP contribution in [0.3, 0.4) is 0 Å². The van der Waals surface area contributed by atoms with Crippen LogP contribution >= 0.6 is 11.3 Å². The standard InChI is InChI=1S/C23H22FN3S/c1-14-5-7-20-18(9-14)19-11-16(22-12-26-23(25)28-22)6-8-21(19)27(20)13-15-3-2-4-17(24)10-15/h2-4,6,8,10-12,14H,5,7,9,13H2,1H3,(H2,25,26). The first kappa shape index (κ1) is 17.4. The Hall–Kier alpha value is -2.66. The van der Waals surface area contributed by atoms with Gasteiger partial charge in [-0.3, -0.25) is 0 Å². The van der Waals surface area contributed by atoms with Gasteiger partial charge >= 0.3 is 0 Å². The predicted octanol–water partition coefficient (Wildman–Crippen LogP) is 5.66. The van der Waals surface area contributed by atoms with Crippen LogP contribution < -0.4 is 5.73 Å². The third-order valence-electron chi connectivity index (χ3n) is 5.75. The molecule has 0 saturated carbocycles. The molecule has 1 aliphatic carbocycles. The van der Waals surface area contributed by atoms with E-state index in [0.717, 1.165) is 28.8 Å². The van der Waals surface area contributed by atoms with Crippen molar-refractivity contribution in [2.24, 2.45) is 5.92 Å². The van der Waals surface area contributed by atoms with Crippen molar-refractivity contribution in [3.8, 4) is 10.4 Å². The minimum atomic E-state index is -0.179. The summed E-state index contributed by atoms with van der Waals surface area (Å²) in [5.41, 5.74) is 12.1. The van der Waals surface area contributed by atoms with Gasteiger partial charge in [0.1, 0.15) is 5.82 Å². The molecule has 1 atom stereocenters. The van der Waals surface area contributed by atoms with Gasteiger partial charge < -0.3 is 10.3 Å². The van der Waals surface area contributed by atoms with Gasteiger partial charge in [0.05, 0.1) is 4.88 Å². The van der Waals surface area contributed by atoms with Crippen molar-refractivity contribution in [3.63, 3.8) is 0 Å². The number of hydrogen-bond donors (Lipinski definition) is 1. The normalized spacial score (nSPS) is 16.4. The highest BCUT2D eigenvalue weighted by atomic mass is 32.1. The molecule has 2 heterocycles.